The van der Waals surface area contributed by atoms with Gasteiger partial charge in [0.2, 0.25) is 5.91 Å². The number of carbonyl (C=O) groups is 3. The Bertz CT molecular complexity index is 940. The highest BCUT2D eigenvalue weighted by Gasteiger charge is 2.57. The van der Waals surface area contributed by atoms with Crippen molar-refractivity contribution in [3.8, 4) is 0 Å². The highest BCUT2D eigenvalue weighted by Crippen LogP contribution is 2.38. The Labute approximate surface area is 182 Å². The molecule has 0 unspecified atom stereocenters. The highest BCUT2D eigenvalue weighted by atomic mass is 16.2. The molecule has 2 saturated heterocycles. The molecule has 4 rings (SSSR count). The van der Waals surface area contributed by atoms with E-state index in [-0.39, 0.29) is 17.8 Å². The largest absolute Gasteiger partial charge is 0.342 e. The number of likely N-dealkylation sites (tertiary alicyclic amines) is 1. The van der Waals surface area contributed by atoms with Crippen LogP contribution in [0.25, 0.3) is 0 Å². The second-order valence-corrected chi connectivity index (χ2v) is 8.26. The Hall–Kier alpha value is -3.22. The van der Waals surface area contributed by atoms with Gasteiger partial charge >= 0.3 is 6.03 Å². The van der Waals surface area contributed by atoms with Crippen molar-refractivity contribution in [3.05, 3.63) is 66.0 Å². The molecule has 3 heterocycles. The van der Waals surface area contributed by atoms with Crippen molar-refractivity contribution in [1.82, 2.24) is 19.7 Å². The molecule has 1 aromatic heterocycles. The zero-order valence-corrected chi connectivity index (χ0v) is 17.9. The number of urea groups is 1. The third kappa shape index (κ3) is 4.04. The van der Waals surface area contributed by atoms with Gasteiger partial charge in [0.1, 0.15) is 5.54 Å². The van der Waals surface area contributed by atoms with Crippen molar-refractivity contribution < 1.29 is 14.4 Å². The van der Waals surface area contributed by atoms with E-state index in [1.54, 1.807) is 22.2 Å². The lowest BCUT2D eigenvalue weighted by molar-refractivity contribution is -0.140. The smallest absolute Gasteiger partial charge is 0.327 e. The van der Waals surface area contributed by atoms with Gasteiger partial charge in [0.25, 0.3) is 5.91 Å². The van der Waals surface area contributed by atoms with E-state index in [4.69, 9.17) is 0 Å². The summed E-state index contributed by atoms with van der Waals surface area (Å²) in [6.07, 6.45) is 5.33. The summed E-state index contributed by atoms with van der Waals surface area (Å²) in [5.41, 5.74) is 1.00. The monoisotopic (exact) mass is 420 g/mol. The first-order valence-corrected chi connectivity index (χ1v) is 10.9. The van der Waals surface area contributed by atoms with Gasteiger partial charge in [-0.15, -0.1) is 0 Å². The number of pyridine rings is 1. The molecule has 2 fully saturated rings. The lowest BCUT2D eigenvalue weighted by Crippen LogP contribution is -2.57. The number of aromatic nitrogens is 1. The normalized spacial score (nSPS) is 18.2. The predicted molar refractivity (Wildman–Crippen MR) is 116 cm³/mol. The van der Waals surface area contributed by atoms with Crippen LogP contribution >= 0.6 is 0 Å². The number of nitrogens with zero attached hydrogens (tertiary/aromatic N) is 4. The van der Waals surface area contributed by atoms with Gasteiger partial charge in [0.15, 0.2) is 0 Å². The quantitative estimate of drug-likeness (QED) is 0.674. The van der Waals surface area contributed by atoms with Crippen LogP contribution in [-0.2, 0) is 22.6 Å². The van der Waals surface area contributed by atoms with Gasteiger partial charge < -0.3 is 9.80 Å². The molecule has 1 aromatic carbocycles. The van der Waals surface area contributed by atoms with E-state index >= 15 is 0 Å². The van der Waals surface area contributed by atoms with E-state index < -0.39 is 5.54 Å². The van der Waals surface area contributed by atoms with Gasteiger partial charge in [-0.1, -0.05) is 43.3 Å². The zero-order chi connectivity index (χ0) is 21.8. The van der Waals surface area contributed by atoms with Crippen LogP contribution in [0.2, 0.25) is 0 Å². The summed E-state index contributed by atoms with van der Waals surface area (Å²) in [6, 6.07) is 13.3. The number of benzene rings is 1. The molecular weight excluding hydrogens is 392 g/mol. The third-order valence-corrected chi connectivity index (χ3v) is 6.27. The molecule has 7 heteroatoms. The Kier molecular flexibility index (Phi) is 6.02. The maximum atomic E-state index is 13.4. The van der Waals surface area contributed by atoms with Gasteiger partial charge in [0.05, 0.1) is 6.42 Å². The zero-order valence-electron chi connectivity index (χ0n) is 17.9. The maximum absolute atomic E-state index is 13.4. The molecule has 2 aliphatic rings. The van der Waals surface area contributed by atoms with Crippen LogP contribution in [0.1, 0.15) is 37.3 Å². The van der Waals surface area contributed by atoms with E-state index in [1.807, 2.05) is 49.4 Å². The molecule has 0 radical (unpaired) electrons. The summed E-state index contributed by atoms with van der Waals surface area (Å²) >= 11 is 0. The molecule has 2 aromatic rings. The minimum absolute atomic E-state index is 0.0275. The Morgan fingerprint density at radius 2 is 1.74 bits per heavy atom. The van der Waals surface area contributed by atoms with E-state index in [0.29, 0.717) is 45.4 Å². The van der Waals surface area contributed by atoms with Crippen LogP contribution in [0, 0.1) is 0 Å². The fourth-order valence-corrected chi connectivity index (χ4v) is 4.59. The highest BCUT2D eigenvalue weighted by molar-refractivity contribution is 6.07. The lowest BCUT2D eigenvalue weighted by Gasteiger charge is -2.42. The minimum atomic E-state index is -0.868. The molecule has 1 spiro atoms. The number of rotatable bonds is 6. The number of carbonyl (C=O) groups excluding carboxylic acids is 3. The third-order valence-electron chi connectivity index (χ3n) is 6.27. The summed E-state index contributed by atoms with van der Waals surface area (Å²) in [5, 5.41) is 0. The van der Waals surface area contributed by atoms with Gasteiger partial charge in [-0.25, -0.2) is 4.79 Å². The first kappa shape index (κ1) is 21.0. The molecule has 7 nitrogen and oxygen atoms in total. The number of imide groups is 1. The molecule has 0 N–H and O–H groups in total. The van der Waals surface area contributed by atoms with Crippen molar-refractivity contribution in [2.24, 2.45) is 0 Å². The fourth-order valence-electron chi connectivity index (χ4n) is 4.59. The Morgan fingerprint density at radius 3 is 2.39 bits per heavy atom. The second kappa shape index (κ2) is 8.88. The average molecular weight is 421 g/mol. The van der Waals surface area contributed by atoms with Crippen molar-refractivity contribution in [2.45, 2.75) is 44.7 Å². The SMILES string of the molecule is CCCN1C(=O)N(Cc2ccccc2)C2(CCN(C(=O)Cc3cccnc3)CC2)C1=O. The van der Waals surface area contributed by atoms with Crippen LogP contribution in [0.3, 0.4) is 0 Å². The molecule has 162 valence electrons. The first-order chi connectivity index (χ1) is 15.0. The average Bonchev–Trinajstić information content (AvgIpc) is 2.98. The molecule has 0 saturated carbocycles. The standard InChI is InChI=1S/C24H28N4O3/c1-2-13-27-22(30)24(28(23(27)31)18-19-7-4-3-5-8-19)10-14-26(15-11-24)21(29)16-20-9-6-12-25-17-20/h3-9,12,17H,2,10-11,13-16,18H2,1H3. The van der Waals surface area contributed by atoms with E-state index in [1.165, 1.54) is 4.90 Å². The summed E-state index contributed by atoms with van der Waals surface area (Å²) in [6.45, 7) is 3.71. The number of piperidine rings is 1. The van der Waals surface area contributed by atoms with Gasteiger partial charge in [-0.3, -0.25) is 19.5 Å². The van der Waals surface area contributed by atoms with E-state index in [9.17, 15) is 14.4 Å². The van der Waals surface area contributed by atoms with Crippen molar-refractivity contribution >= 4 is 17.8 Å². The fraction of sp³-hybridized carbons (Fsp3) is 0.417. The van der Waals surface area contributed by atoms with Crippen molar-refractivity contribution in [2.75, 3.05) is 19.6 Å². The van der Waals surface area contributed by atoms with E-state index in [0.717, 1.165) is 17.5 Å². The number of hydrogen-bond acceptors (Lipinski definition) is 4. The predicted octanol–water partition coefficient (Wildman–Crippen LogP) is 2.86. The van der Waals surface area contributed by atoms with Crippen LogP contribution in [0.15, 0.2) is 54.9 Å². The molecule has 0 bridgehead atoms. The second-order valence-electron chi connectivity index (χ2n) is 8.26. The lowest BCUT2D eigenvalue weighted by atomic mass is 9.85. The summed E-state index contributed by atoms with van der Waals surface area (Å²) in [4.78, 5) is 48.4. The van der Waals surface area contributed by atoms with Gasteiger partial charge in [-0.2, -0.15) is 0 Å². The number of amides is 4. The maximum Gasteiger partial charge on any atom is 0.327 e. The molecule has 4 amide bonds. The van der Waals surface area contributed by atoms with Crippen LogP contribution in [0.4, 0.5) is 4.79 Å². The van der Waals surface area contributed by atoms with Crippen LogP contribution in [-0.4, -0.2) is 62.7 Å². The minimum Gasteiger partial charge on any atom is -0.342 e. The Morgan fingerprint density at radius 1 is 1.03 bits per heavy atom. The first-order valence-electron chi connectivity index (χ1n) is 10.9. The summed E-state index contributed by atoms with van der Waals surface area (Å²) in [7, 11) is 0. The molecule has 2 aliphatic heterocycles. The van der Waals surface area contributed by atoms with Crippen molar-refractivity contribution in [3.63, 3.8) is 0 Å². The van der Waals surface area contributed by atoms with Gasteiger partial charge in [-0.05, 0) is 36.5 Å². The van der Waals surface area contributed by atoms with Crippen LogP contribution in [0.5, 0.6) is 0 Å². The topological polar surface area (TPSA) is 73.8 Å². The Balaban J connectivity index is 1.51. The van der Waals surface area contributed by atoms with Crippen LogP contribution < -0.4 is 0 Å². The molecular formula is C24H28N4O3. The van der Waals surface area contributed by atoms with Crippen molar-refractivity contribution in [1.29, 1.82) is 0 Å². The van der Waals surface area contributed by atoms with Gasteiger partial charge in [0, 0.05) is 38.6 Å². The summed E-state index contributed by atoms with van der Waals surface area (Å²) in [5.74, 6) is -0.0886. The summed E-state index contributed by atoms with van der Waals surface area (Å²) < 4.78 is 0. The number of hydrogen-bond donors (Lipinski definition) is 0. The van der Waals surface area contributed by atoms with E-state index in [2.05, 4.69) is 4.98 Å². The molecule has 0 atom stereocenters. The molecule has 0 aliphatic carbocycles. The molecule has 31 heavy (non-hydrogen) atoms.